The van der Waals surface area contributed by atoms with Gasteiger partial charge in [-0.1, -0.05) is 13.0 Å². The predicted octanol–water partition coefficient (Wildman–Crippen LogP) is 4.13. The van der Waals surface area contributed by atoms with Crippen LogP contribution in [0, 0.1) is 12.8 Å². The lowest BCUT2D eigenvalue weighted by molar-refractivity contribution is -0.153. The lowest BCUT2D eigenvalue weighted by atomic mass is 9.98. The summed E-state index contributed by atoms with van der Waals surface area (Å²) in [5.74, 6) is -0.0952. The first kappa shape index (κ1) is 32.1. The molecule has 41 heavy (non-hydrogen) atoms. The van der Waals surface area contributed by atoms with Crippen molar-refractivity contribution in [2.24, 2.45) is 5.92 Å². The first-order chi connectivity index (χ1) is 19.4. The number of aromatic nitrogens is 3. The maximum absolute atomic E-state index is 13.6. The average Bonchev–Trinajstić information content (AvgIpc) is 3.29. The van der Waals surface area contributed by atoms with Crippen LogP contribution in [0.25, 0.3) is 6.08 Å². The summed E-state index contributed by atoms with van der Waals surface area (Å²) >= 11 is 0. The Kier molecular flexibility index (Phi) is 11.3. The largest absolute Gasteiger partial charge is 0.508 e. The van der Waals surface area contributed by atoms with Crippen LogP contribution < -0.4 is 4.74 Å². The van der Waals surface area contributed by atoms with E-state index >= 15 is 0 Å². The molecule has 15 heteroatoms. The summed E-state index contributed by atoms with van der Waals surface area (Å²) in [7, 11) is -0.411. The molecule has 2 aromatic heterocycles. The summed E-state index contributed by atoms with van der Waals surface area (Å²) in [6.07, 6.45) is 0.0323. The van der Waals surface area contributed by atoms with Crippen LogP contribution in [0.15, 0.2) is 23.5 Å². The molecule has 0 spiro atoms. The van der Waals surface area contributed by atoms with Crippen molar-refractivity contribution in [2.75, 3.05) is 46.6 Å². The fourth-order valence-electron chi connectivity index (χ4n) is 3.85. The number of carbonyl (C=O) groups is 2. The van der Waals surface area contributed by atoms with Gasteiger partial charge in [-0.15, -0.1) is 0 Å². The molecule has 1 unspecified atom stereocenters. The summed E-state index contributed by atoms with van der Waals surface area (Å²) < 4.78 is 72.6. The molecule has 1 amide bonds. The maximum Gasteiger partial charge on any atom is 0.508 e. The standard InChI is InChI=1S/C26H33F3N4O7S/c1-5-37-12-13-39-25(35)38-11-10-32(4)24(34)33-21-7-6-17(2)14-19(21)31-23(33)41(36)15-20-18(3)22(8-9-30-20)40-16-26(27,28)29/h6-9,17H,5,10-16H2,1-4H3/t17?,41-/m1/s1. The Morgan fingerprint density at radius 2 is 1.95 bits per heavy atom. The molecule has 226 valence electrons. The van der Waals surface area contributed by atoms with E-state index in [4.69, 9.17) is 18.9 Å². The van der Waals surface area contributed by atoms with E-state index in [1.165, 1.54) is 35.7 Å². The highest BCUT2D eigenvalue weighted by Gasteiger charge is 2.30. The molecule has 2 aromatic rings. The van der Waals surface area contributed by atoms with Gasteiger partial charge in [0.05, 0.1) is 46.8 Å². The number of ether oxygens (including phenoxy) is 4. The predicted molar refractivity (Wildman–Crippen MR) is 142 cm³/mol. The quantitative estimate of drug-likeness (QED) is 0.261. The van der Waals surface area contributed by atoms with Crippen LogP contribution in [0.2, 0.25) is 0 Å². The van der Waals surface area contributed by atoms with Gasteiger partial charge in [-0.05, 0) is 38.3 Å². The number of carbonyl (C=O) groups excluding carboxylic acids is 2. The zero-order chi connectivity index (χ0) is 30.2. The van der Waals surface area contributed by atoms with Crippen molar-refractivity contribution < 1.29 is 45.9 Å². The minimum atomic E-state index is -4.52. The Hall–Kier alpha value is -3.46. The fourth-order valence-corrected chi connectivity index (χ4v) is 5.11. The molecule has 0 saturated carbocycles. The third-order valence-corrected chi connectivity index (χ3v) is 7.21. The number of rotatable bonds is 12. The van der Waals surface area contributed by atoms with Gasteiger partial charge in [-0.25, -0.2) is 19.1 Å². The Morgan fingerprint density at radius 3 is 2.66 bits per heavy atom. The normalized spacial score (nSPS) is 15.2. The Labute approximate surface area is 238 Å². The number of hydrogen-bond acceptors (Lipinski definition) is 9. The SMILES string of the molecule is CCOCCOC(=O)OCCN(C)C(=O)n1c([S@](=O)Cc2nccc(OCC(F)(F)F)c2C)nc2c1C=CC(C)C2. The monoisotopic (exact) mass is 602 g/mol. The van der Waals surface area contributed by atoms with Crippen molar-refractivity contribution in [3.63, 3.8) is 0 Å². The van der Waals surface area contributed by atoms with E-state index in [-0.39, 0.29) is 54.6 Å². The zero-order valence-electron chi connectivity index (χ0n) is 23.2. The van der Waals surface area contributed by atoms with Gasteiger partial charge in [0.1, 0.15) is 19.0 Å². The zero-order valence-corrected chi connectivity index (χ0v) is 24.0. The molecule has 0 aliphatic heterocycles. The van der Waals surface area contributed by atoms with E-state index in [0.29, 0.717) is 30.0 Å². The number of fused-ring (bicyclic) bond motifs is 1. The summed E-state index contributed by atoms with van der Waals surface area (Å²) in [6, 6.07) is 0.746. The third-order valence-electron chi connectivity index (χ3n) is 5.99. The molecule has 2 atom stereocenters. The first-order valence-corrected chi connectivity index (χ1v) is 14.2. The van der Waals surface area contributed by atoms with Gasteiger partial charge in [0.2, 0.25) is 5.16 Å². The van der Waals surface area contributed by atoms with Gasteiger partial charge < -0.3 is 23.8 Å². The second kappa shape index (κ2) is 14.4. The number of halogens is 3. The third kappa shape index (κ3) is 9.01. The van der Waals surface area contributed by atoms with Crippen molar-refractivity contribution >= 4 is 29.1 Å². The van der Waals surface area contributed by atoms with Crippen LogP contribution in [0.4, 0.5) is 22.8 Å². The van der Waals surface area contributed by atoms with Gasteiger partial charge in [0.25, 0.3) is 0 Å². The number of hydrogen-bond donors (Lipinski definition) is 0. The van der Waals surface area contributed by atoms with Crippen LogP contribution in [0.5, 0.6) is 5.75 Å². The minimum Gasteiger partial charge on any atom is -0.484 e. The van der Waals surface area contributed by atoms with Crippen molar-refractivity contribution in [2.45, 2.75) is 44.3 Å². The van der Waals surface area contributed by atoms with Crippen LogP contribution in [0.1, 0.15) is 36.5 Å². The summed E-state index contributed by atoms with van der Waals surface area (Å²) in [6.45, 7) is 4.47. The molecule has 0 saturated heterocycles. The molecule has 0 bridgehead atoms. The highest BCUT2D eigenvalue weighted by atomic mass is 32.2. The van der Waals surface area contributed by atoms with Gasteiger partial charge in [0, 0.05) is 25.4 Å². The van der Waals surface area contributed by atoms with E-state index in [9.17, 15) is 27.0 Å². The van der Waals surface area contributed by atoms with E-state index in [1.807, 2.05) is 19.9 Å². The van der Waals surface area contributed by atoms with Gasteiger partial charge in [0.15, 0.2) is 6.61 Å². The molecule has 2 heterocycles. The van der Waals surface area contributed by atoms with E-state index in [0.717, 1.165) is 0 Å². The molecule has 1 aliphatic rings. The van der Waals surface area contributed by atoms with Crippen molar-refractivity contribution in [3.05, 3.63) is 41.0 Å². The van der Waals surface area contributed by atoms with E-state index < -0.39 is 35.8 Å². The number of imidazole rings is 1. The second-order valence-corrected chi connectivity index (χ2v) is 10.6. The number of nitrogens with zero attached hydrogens (tertiary/aromatic N) is 4. The molecule has 1 aliphatic carbocycles. The van der Waals surface area contributed by atoms with Crippen LogP contribution in [0.3, 0.4) is 0 Å². The van der Waals surface area contributed by atoms with E-state index in [1.54, 1.807) is 6.08 Å². The smallest absolute Gasteiger partial charge is 0.484 e. The van der Waals surface area contributed by atoms with Crippen LogP contribution in [-0.2, 0) is 37.2 Å². The number of allylic oxidation sites excluding steroid dienone is 1. The van der Waals surface area contributed by atoms with E-state index in [2.05, 4.69) is 9.97 Å². The lowest BCUT2D eigenvalue weighted by Crippen LogP contribution is -2.36. The Balaban J connectivity index is 1.76. The maximum atomic E-state index is 13.6. The molecule has 0 fully saturated rings. The minimum absolute atomic E-state index is 0.0117. The average molecular weight is 603 g/mol. The first-order valence-electron chi connectivity index (χ1n) is 12.9. The number of likely N-dealkylation sites (N-methyl/N-ethyl adjacent to an activating group) is 1. The fraction of sp³-hybridized carbons (Fsp3) is 0.538. The number of alkyl halides is 3. The van der Waals surface area contributed by atoms with Crippen LogP contribution in [-0.4, -0.2) is 88.6 Å². The number of amides is 1. The van der Waals surface area contributed by atoms with Gasteiger partial charge >= 0.3 is 18.4 Å². The topological polar surface area (TPSA) is 122 Å². The Morgan fingerprint density at radius 1 is 1.22 bits per heavy atom. The summed E-state index contributed by atoms with van der Waals surface area (Å²) in [5, 5.41) is -0.0235. The molecular weight excluding hydrogens is 569 g/mol. The lowest BCUT2D eigenvalue weighted by Gasteiger charge is -2.20. The highest BCUT2D eigenvalue weighted by Crippen LogP contribution is 2.28. The molecular formula is C26H33F3N4O7S. The van der Waals surface area contributed by atoms with Gasteiger partial charge in [-0.2, -0.15) is 13.2 Å². The van der Waals surface area contributed by atoms with Crippen molar-refractivity contribution in [1.82, 2.24) is 19.4 Å². The van der Waals surface area contributed by atoms with Crippen molar-refractivity contribution in [3.8, 4) is 5.75 Å². The Bertz CT molecular complexity index is 1280. The molecule has 0 radical (unpaired) electrons. The second-order valence-electron chi connectivity index (χ2n) is 9.22. The van der Waals surface area contributed by atoms with Crippen LogP contribution >= 0.6 is 0 Å². The molecule has 0 aromatic carbocycles. The summed E-state index contributed by atoms with van der Waals surface area (Å²) in [5.41, 5.74) is 1.62. The van der Waals surface area contributed by atoms with Gasteiger partial charge in [-0.3, -0.25) is 9.19 Å². The molecule has 11 nitrogen and oxygen atoms in total. The summed E-state index contributed by atoms with van der Waals surface area (Å²) in [4.78, 5) is 35.2. The number of pyridine rings is 1. The molecule has 0 N–H and O–H groups in total. The molecule has 3 rings (SSSR count). The highest BCUT2D eigenvalue weighted by molar-refractivity contribution is 7.84. The van der Waals surface area contributed by atoms with Crippen molar-refractivity contribution in [1.29, 1.82) is 0 Å².